The molecular formula is C25H23IN6O. The second kappa shape index (κ2) is 8.58. The maximum atomic E-state index is 13.9. The first-order valence-electron chi connectivity index (χ1n) is 10.8. The standard InChI is InChI=1S/C25H23IN6O/c1-3-7-16-9-4-5-11-19(16)32-18(12-17-10-6-8-15(2)20(17)25(32)33)13-31-24-21(22(26)30-31)23(27)28-14-29-24/h4-6,8-12,14H,3,7,13H2,1-2H3,(H2,27,28,29). The minimum atomic E-state index is -0.0237. The number of rotatable bonds is 5. The molecule has 0 aliphatic rings. The van der Waals surface area contributed by atoms with Crippen molar-refractivity contribution in [3.8, 4) is 5.69 Å². The van der Waals surface area contributed by atoms with Crippen LogP contribution in [0.15, 0.2) is 59.7 Å². The Kier molecular flexibility index (Phi) is 5.61. The van der Waals surface area contributed by atoms with Gasteiger partial charge in [0.15, 0.2) is 5.65 Å². The van der Waals surface area contributed by atoms with Crippen molar-refractivity contribution in [3.63, 3.8) is 0 Å². The van der Waals surface area contributed by atoms with Crippen LogP contribution in [0.25, 0.3) is 27.5 Å². The monoisotopic (exact) mass is 550 g/mol. The quantitative estimate of drug-likeness (QED) is 0.323. The van der Waals surface area contributed by atoms with E-state index >= 15 is 0 Å². The number of nitrogens with two attached hydrogens (primary N) is 1. The maximum Gasteiger partial charge on any atom is 0.263 e. The first-order valence-corrected chi connectivity index (χ1v) is 11.9. The number of hydrogen-bond donors (Lipinski definition) is 1. The molecule has 2 N–H and O–H groups in total. The SMILES string of the molecule is CCCc1ccccc1-n1c(Cn2nc(I)c3c(N)ncnc32)cc2cccc(C)c2c1=O. The molecule has 0 atom stereocenters. The first-order chi connectivity index (χ1) is 16.0. The summed E-state index contributed by atoms with van der Waals surface area (Å²) < 4.78 is 4.37. The fourth-order valence-corrected chi connectivity index (χ4v) is 5.21. The minimum absolute atomic E-state index is 0.0237. The Labute approximate surface area is 204 Å². The molecule has 0 unspecified atom stereocenters. The normalized spacial score (nSPS) is 11.5. The number of benzene rings is 2. The van der Waals surface area contributed by atoms with E-state index in [0.717, 1.165) is 55.2 Å². The zero-order valence-corrected chi connectivity index (χ0v) is 20.6. The van der Waals surface area contributed by atoms with Crippen LogP contribution in [0.4, 0.5) is 5.82 Å². The zero-order valence-electron chi connectivity index (χ0n) is 18.4. The molecule has 0 aliphatic heterocycles. The van der Waals surface area contributed by atoms with Crippen LogP contribution >= 0.6 is 22.6 Å². The molecular weight excluding hydrogens is 527 g/mol. The summed E-state index contributed by atoms with van der Waals surface area (Å²) in [5.74, 6) is 0.399. The van der Waals surface area contributed by atoms with Gasteiger partial charge in [-0.3, -0.25) is 9.36 Å². The van der Waals surface area contributed by atoms with Crippen molar-refractivity contribution in [3.05, 3.63) is 85.7 Å². The molecule has 8 heteroatoms. The molecule has 0 aliphatic carbocycles. The van der Waals surface area contributed by atoms with Crippen LogP contribution in [0.2, 0.25) is 0 Å². The summed E-state index contributed by atoms with van der Waals surface area (Å²) in [4.78, 5) is 22.5. The molecule has 166 valence electrons. The topological polar surface area (TPSA) is 91.6 Å². The number of halogens is 1. The molecule has 0 bridgehead atoms. The molecule has 0 saturated heterocycles. The third kappa shape index (κ3) is 3.68. The molecule has 0 spiro atoms. The van der Waals surface area contributed by atoms with Gasteiger partial charge in [0.25, 0.3) is 5.56 Å². The van der Waals surface area contributed by atoms with Gasteiger partial charge < -0.3 is 5.73 Å². The van der Waals surface area contributed by atoms with Gasteiger partial charge in [0.1, 0.15) is 15.8 Å². The van der Waals surface area contributed by atoms with Gasteiger partial charge in [-0.1, -0.05) is 49.7 Å². The molecule has 3 aromatic heterocycles. The van der Waals surface area contributed by atoms with E-state index in [2.05, 4.69) is 56.7 Å². The molecule has 0 amide bonds. The summed E-state index contributed by atoms with van der Waals surface area (Å²) in [7, 11) is 0. The van der Waals surface area contributed by atoms with Crippen molar-refractivity contribution in [2.24, 2.45) is 0 Å². The molecule has 5 rings (SSSR count). The molecule has 2 aromatic carbocycles. The lowest BCUT2D eigenvalue weighted by Crippen LogP contribution is -2.25. The summed E-state index contributed by atoms with van der Waals surface area (Å²) in [5.41, 5.74) is 10.6. The van der Waals surface area contributed by atoms with Crippen molar-refractivity contribution in [2.45, 2.75) is 33.2 Å². The number of anilines is 1. The summed E-state index contributed by atoms with van der Waals surface area (Å²) in [5, 5.41) is 7.06. The van der Waals surface area contributed by atoms with Crippen LogP contribution in [-0.2, 0) is 13.0 Å². The Bertz CT molecular complexity index is 1570. The molecule has 5 aromatic rings. The van der Waals surface area contributed by atoms with Crippen molar-refractivity contribution in [1.82, 2.24) is 24.3 Å². The number of fused-ring (bicyclic) bond motifs is 2. The number of pyridine rings is 1. The molecule has 7 nitrogen and oxygen atoms in total. The number of aryl methyl sites for hydroxylation is 2. The first kappa shape index (κ1) is 21.6. The van der Waals surface area contributed by atoms with E-state index in [9.17, 15) is 4.79 Å². The van der Waals surface area contributed by atoms with Gasteiger partial charge in [-0.15, -0.1) is 0 Å². The predicted octanol–water partition coefficient (Wildman–Crippen LogP) is 4.63. The van der Waals surface area contributed by atoms with Gasteiger partial charge >= 0.3 is 0 Å². The average molecular weight is 550 g/mol. The van der Waals surface area contributed by atoms with E-state index in [-0.39, 0.29) is 5.56 Å². The van der Waals surface area contributed by atoms with Crippen molar-refractivity contribution in [2.75, 3.05) is 5.73 Å². The van der Waals surface area contributed by atoms with E-state index in [1.54, 1.807) is 4.68 Å². The Balaban J connectivity index is 1.81. The fraction of sp³-hybridized carbons (Fsp3) is 0.200. The van der Waals surface area contributed by atoms with E-state index in [1.807, 2.05) is 47.9 Å². The highest BCUT2D eigenvalue weighted by Gasteiger charge is 2.19. The Morgan fingerprint density at radius 1 is 1.06 bits per heavy atom. The molecule has 3 heterocycles. The lowest BCUT2D eigenvalue weighted by Gasteiger charge is -2.18. The van der Waals surface area contributed by atoms with Crippen LogP contribution in [0.5, 0.6) is 0 Å². The molecule has 33 heavy (non-hydrogen) atoms. The lowest BCUT2D eigenvalue weighted by atomic mass is 10.0. The number of para-hydroxylation sites is 1. The average Bonchev–Trinajstić information content (AvgIpc) is 3.11. The van der Waals surface area contributed by atoms with Gasteiger partial charge in [-0.25, -0.2) is 14.6 Å². The highest BCUT2D eigenvalue weighted by Crippen LogP contribution is 2.26. The van der Waals surface area contributed by atoms with Crippen LogP contribution in [0.1, 0.15) is 30.2 Å². The van der Waals surface area contributed by atoms with Gasteiger partial charge in [0, 0.05) is 5.69 Å². The minimum Gasteiger partial charge on any atom is -0.383 e. The summed E-state index contributed by atoms with van der Waals surface area (Å²) in [6.45, 7) is 4.50. The van der Waals surface area contributed by atoms with Gasteiger partial charge in [0.2, 0.25) is 0 Å². The molecule has 0 fully saturated rings. The van der Waals surface area contributed by atoms with E-state index in [1.165, 1.54) is 6.33 Å². The third-order valence-corrected chi connectivity index (χ3v) is 6.67. The second-order valence-electron chi connectivity index (χ2n) is 8.10. The highest BCUT2D eigenvalue weighted by molar-refractivity contribution is 14.1. The smallest absolute Gasteiger partial charge is 0.263 e. The highest BCUT2D eigenvalue weighted by atomic mass is 127. The summed E-state index contributed by atoms with van der Waals surface area (Å²) >= 11 is 2.15. The fourth-order valence-electron chi connectivity index (χ4n) is 4.43. The molecule has 0 saturated carbocycles. The van der Waals surface area contributed by atoms with Crippen molar-refractivity contribution in [1.29, 1.82) is 0 Å². The summed E-state index contributed by atoms with van der Waals surface area (Å²) in [6, 6.07) is 16.1. The van der Waals surface area contributed by atoms with E-state index < -0.39 is 0 Å². The van der Waals surface area contributed by atoms with E-state index in [0.29, 0.717) is 18.0 Å². The summed E-state index contributed by atoms with van der Waals surface area (Å²) in [6.07, 6.45) is 3.32. The van der Waals surface area contributed by atoms with Gasteiger partial charge in [0.05, 0.1) is 23.0 Å². The van der Waals surface area contributed by atoms with Gasteiger partial charge in [-0.2, -0.15) is 5.10 Å². The predicted molar refractivity (Wildman–Crippen MR) is 140 cm³/mol. The van der Waals surface area contributed by atoms with Crippen LogP contribution < -0.4 is 11.3 Å². The Morgan fingerprint density at radius 3 is 2.70 bits per heavy atom. The van der Waals surface area contributed by atoms with Crippen molar-refractivity contribution >= 4 is 50.2 Å². The molecule has 0 radical (unpaired) electrons. The van der Waals surface area contributed by atoms with E-state index in [4.69, 9.17) is 5.73 Å². The van der Waals surface area contributed by atoms with Crippen molar-refractivity contribution < 1.29 is 0 Å². The maximum absolute atomic E-state index is 13.9. The van der Waals surface area contributed by atoms with Crippen LogP contribution in [0.3, 0.4) is 0 Å². The zero-order chi connectivity index (χ0) is 23.1. The van der Waals surface area contributed by atoms with Crippen LogP contribution in [0, 0.1) is 10.6 Å². The number of nitrogens with zero attached hydrogens (tertiary/aromatic N) is 5. The number of hydrogen-bond acceptors (Lipinski definition) is 5. The van der Waals surface area contributed by atoms with Gasteiger partial charge in [-0.05, 0) is 64.6 Å². The second-order valence-corrected chi connectivity index (χ2v) is 9.12. The third-order valence-electron chi connectivity index (χ3n) is 5.91. The number of aromatic nitrogens is 5. The Morgan fingerprint density at radius 2 is 1.88 bits per heavy atom. The van der Waals surface area contributed by atoms with Crippen LogP contribution in [-0.4, -0.2) is 24.3 Å². The lowest BCUT2D eigenvalue weighted by molar-refractivity contribution is 0.664. The Hall–Kier alpha value is -3.27. The number of nitrogen functional groups attached to an aromatic ring is 1. The largest absolute Gasteiger partial charge is 0.383 e.